The van der Waals surface area contributed by atoms with Crippen molar-refractivity contribution >= 4 is 31.9 Å². The van der Waals surface area contributed by atoms with Gasteiger partial charge < -0.3 is 0 Å². The van der Waals surface area contributed by atoms with E-state index < -0.39 is 0 Å². The number of alkyl halides is 2. The molecule has 0 saturated heterocycles. The van der Waals surface area contributed by atoms with Gasteiger partial charge in [0.25, 0.3) is 0 Å². The number of rotatable bonds is 3. The van der Waals surface area contributed by atoms with Crippen molar-refractivity contribution in [2.24, 2.45) is 5.92 Å². The van der Waals surface area contributed by atoms with E-state index in [1.54, 1.807) is 0 Å². The molecule has 0 unspecified atom stereocenters. The average Bonchev–Trinajstić information content (AvgIpc) is 1.72. The molecular formula is C5H10Br2. The fourth-order valence-electron chi connectivity index (χ4n) is 0.259. The Kier molecular flexibility index (Phi) is 5.80. The monoisotopic (exact) mass is 228 g/mol. The van der Waals surface area contributed by atoms with Gasteiger partial charge in [0, 0.05) is 10.7 Å². The van der Waals surface area contributed by atoms with Crippen LogP contribution in [0, 0.1) is 5.92 Å². The van der Waals surface area contributed by atoms with E-state index in [2.05, 4.69) is 38.8 Å². The summed E-state index contributed by atoms with van der Waals surface area (Å²) in [4.78, 5) is 0. The molecule has 0 saturated carbocycles. The van der Waals surface area contributed by atoms with Gasteiger partial charge >= 0.3 is 0 Å². The SMILES string of the molecule is CCC(CBr)CBr. The van der Waals surface area contributed by atoms with Crippen LogP contribution in [0.3, 0.4) is 0 Å². The Hall–Kier alpha value is 0.960. The minimum Gasteiger partial charge on any atom is -0.0925 e. The molecule has 0 nitrogen and oxygen atoms in total. The summed E-state index contributed by atoms with van der Waals surface area (Å²) in [5, 5.41) is 2.24. The Labute approximate surface area is 61.9 Å². The first-order valence-corrected chi connectivity index (χ1v) is 4.71. The molecular weight excluding hydrogens is 220 g/mol. The van der Waals surface area contributed by atoms with Crippen molar-refractivity contribution in [1.29, 1.82) is 0 Å². The van der Waals surface area contributed by atoms with E-state index in [9.17, 15) is 0 Å². The van der Waals surface area contributed by atoms with Crippen LogP contribution in [-0.4, -0.2) is 10.7 Å². The lowest BCUT2D eigenvalue weighted by molar-refractivity contribution is 0.656. The van der Waals surface area contributed by atoms with Crippen LogP contribution in [0.1, 0.15) is 13.3 Å². The summed E-state index contributed by atoms with van der Waals surface area (Å²) in [5.74, 6) is 0.819. The summed E-state index contributed by atoms with van der Waals surface area (Å²) in [6.07, 6.45) is 1.26. The zero-order valence-electron chi connectivity index (χ0n) is 4.45. The molecule has 0 aromatic rings. The van der Waals surface area contributed by atoms with E-state index in [-0.39, 0.29) is 0 Å². The van der Waals surface area contributed by atoms with E-state index in [0.717, 1.165) is 16.6 Å². The molecule has 44 valence electrons. The molecule has 0 aliphatic heterocycles. The third-order valence-electron chi connectivity index (χ3n) is 1.01. The minimum atomic E-state index is 0.819. The van der Waals surface area contributed by atoms with Crippen LogP contribution in [0.5, 0.6) is 0 Å². The van der Waals surface area contributed by atoms with Gasteiger partial charge in [-0.25, -0.2) is 0 Å². The van der Waals surface area contributed by atoms with E-state index in [1.165, 1.54) is 6.42 Å². The van der Waals surface area contributed by atoms with Gasteiger partial charge in [-0.2, -0.15) is 0 Å². The van der Waals surface area contributed by atoms with Crippen LogP contribution in [0.2, 0.25) is 0 Å². The second kappa shape index (κ2) is 5.10. The third kappa shape index (κ3) is 3.53. The third-order valence-corrected chi connectivity index (χ3v) is 2.85. The van der Waals surface area contributed by atoms with Gasteiger partial charge in [-0.05, 0) is 5.92 Å². The maximum atomic E-state index is 3.41. The maximum absolute atomic E-state index is 3.41. The molecule has 0 atom stereocenters. The van der Waals surface area contributed by atoms with Crippen molar-refractivity contribution < 1.29 is 0 Å². The van der Waals surface area contributed by atoms with Crippen molar-refractivity contribution in [2.45, 2.75) is 13.3 Å². The van der Waals surface area contributed by atoms with E-state index >= 15 is 0 Å². The number of halogens is 2. The molecule has 0 aliphatic carbocycles. The molecule has 0 heterocycles. The molecule has 7 heavy (non-hydrogen) atoms. The molecule has 0 fully saturated rings. The van der Waals surface area contributed by atoms with Crippen molar-refractivity contribution in [3.8, 4) is 0 Å². The minimum absolute atomic E-state index is 0.819. The highest BCUT2D eigenvalue weighted by Gasteiger charge is 1.98. The Morgan fingerprint density at radius 2 is 1.71 bits per heavy atom. The van der Waals surface area contributed by atoms with Gasteiger partial charge in [0.1, 0.15) is 0 Å². The van der Waals surface area contributed by atoms with Crippen LogP contribution in [0.15, 0.2) is 0 Å². The lowest BCUT2D eigenvalue weighted by Gasteiger charge is -2.02. The van der Waals surface area contributed by atoms with Crippen molar-refractivity contribution in [3.05, 3.63) is 0 Å². The lowest BCUT2D eigenvalue weighted by atomic mass is 10.2. The van der Waals surface area contributed by atoms with Crippen LogP contribution in [0.4, 0.5) is 0 Å². The zero-order chi connectivity index (χ0) is 5.70. The normalized spacial score (nSPS) is 10.3. The zero-order valence-corrected chi connectivity index (χ0v) is 7.63. The summed E-state index contributed by atoms with van der Waals surface area (Å²) in [5.41, 5.74) is 0. The molecule has 0 aliphatic rings. The van der Waals surface area contributed by atoms with Crippen molar-refractivity contribution in [3.63, 3.8) is 0 Å². The first-order valence-electron chi connectivity index (χ1n) is 2.47. The molecule has 0 radical (unpaired) electrons. The second-order valence-electron chi connectivity index (χ2n) is 1.58. The topological polar surface area (TPSA) is 0 Å². The molecule has 0 N–H and O–H groups in total. The van der Waals surface area contributed by atoms with Crippen LogP contribution >= 0.6 is 31.9 Å². The van der Waals surface area contributed by atoms with Crippen LogP contribution in [-0.2, 0) is 0 Å². The van der Waals surface area contributed by atoms with Gasteiger partial charge in [0.05, 0.1) is 0 Å². The van der Waals surface area contributed by atoms with Crippen LogP contribution in [0.25, 0.3) is 0 Å². The van der Waals surface area contributed by atoms with E-state index in [4.69, 9.17) is 0 Å². The van der Waals surface area contributed by atoms with Crippen molar-refractivity contribution in [1.82, 2.24) is 0 Å². The largest absolute Gasteiger partial charge is 0.0925 e. The average molecular weight is 230 g/mol. The van der Waals surface area contributed by atoms with Gasteiger partial charge in [-0.15, -0.1) is 0 Å². The first-order chi connectivity index (χ1) is 3.35. The Bertz CT molecular complexity index is 27.6. The van der Waals surface area contributed by atoms with Crippen LogP contribution < -0.4 is 0 Å². The fraction of sp³-hybridized carbons (Fsp3) is 1.00. The highest BCUT2D eigenvalue weighted by atomic mass is 79.9. The second-order valence-corrected chi connectivity index (χ2v) is 2.88. The maximum Gasteiger partial charge on any atom is 0.00675 e. The number of hydrogen-bond acceptors (Lipinski definition) is 0. The van der Waals surface area contributed by atoms with E-state index in [0.29, 0.717) is 0 Å². The van der Waals surface area contributed by atoms with Gasteiger partial charge in [0.15, 0.2) is 0 Å². The van der Waals surface area contributed by atoms with Crippen molar-refractivity contribution in [2.75, 3.05) is 10.7 Å². The quantitative estimate of drug-likeness (QED) is 0.654. The fourth-order valence-corrected chi connectivity index (χ4v) is 2.25. The predicted octanol–water partition coefficient (Wildman–Crippen LogP) is 2.80. The first kappa shape index (κ1) is 7.96. The molecule has 2 heteroatoms. The summed E-state index contributed by atoms with van der Waals surface area (Å²) >= 11 is 6.81. The Morgan fingerprint density at radius 1 is 1.29 bits per heavy atom. The summed E-state index contributed by atoms with van der Waals surface area (Å²) in [6.45, 7) is 2.20. The molecule has 0 spiro atoms. The van der Waals surface area contributed by atoms with Gasteiger partial charge in [0.2, 0.25) is 0 Å². The molecule has 0 rings (SSSR count). The molecule has 0 bridgehead atoms. The highest BCUT2D eigenvalue weighted by Crippen LogP contribution is 2.08. The molecule has 0 aromatic carbocycles. The highest BCUT2D eigenvalue weighted by molar-refractivity contribution is 9.09. The summed E-state index contributed by atoms with van der Waals surface area (Å²) in [7, 11) is 0. The Balaban J connectivity index is 2.99. The lowest BCUT2D eigenvalue weighted by Crippen LogP contribution is -1.99. The molecule has 0 aromatic heterocycles. The summed E-state index contributed by atoms with van der Waals surface area (Å²) in [6, 6.07) is 0. The molecule has 0 amide bonds. The van der Waals surface area contributed by atoms with Gasteiger partial charge in [-0.3, -0.25) is 0 Å². The smallest absolute Gasteiger partial charge is 0.00675 e. The Morgan fingerprint density at radius 3 is 1.71 bits per heavy atom. The van der Waals surface area contributed by atoms with E-state index in [1.807, 2.05) is 0 Å². The predicted molar refractivity (Wildman–Crippen MR) is 41.4 cm³/mol. The standard InChI is InChI=1S/C5H10Br2/c1-2-5(3-6)4-7/h5H,2-4H2,1H3. The van der Waals surface area contributed by atoms with Gasteiger partial charge in [-0.1, -0.05) is 45.2 Å². The number of hydrogen-bond donors (Lipinski definition) is 0. The summed E-state index contributed by atoms with van der Waals surface area (Å²) < 4.78 is 0.